The van der Waals surface area contributed by atoms with E-state index in [9.17, 15) is 4.79 Å². The third-order valence-corrected chi connectivity index (χ3v) is 1.13. The molecule has 0 unspecified atom stereocenters. The lowest BCUT2D eigenvalue weighted by atomic mass is 10.4. The summed E-state index contributed by atoms with van der Waals surface area (Å²) in [5, 5.41) is 0.300. The van der Waals surface area contributed by atoms with Crippen molar-refractivity contribution in [2.75, 3.05) is 5.73 Å². The maximum absolute atomic E-state index is 10.6. The fourth-order valence-electron chi connectivity index (χ4n) is 0.458. The van der Waals surface area contributed by atoms with E-state index in [1.165, 1.54) is 12.3 Å². The van der Waals surface area contributed by atoms with E-state index < -0.39 is 0 Å². The molecule has 0 aliphatic carbocycles. The van der Waals surface area contributed by atoms with Crippen LogP contribution in [0.4, 0.5) is 5.69 Å². The minimum absolute atomic E-state index is 0. The second-order valence-electron chi connectivity index (χ2n) is 1.60. The molecule has 56 valence electrons. The predicted octanol–water partition coefficient (Wildman–Crippen LogP) is 1.03. The second-order valence-corrected chi connectivity index (χ2v) is 2.01. The Morgan fingerprint density at radius 1 is 1.60 bits per heavy atom. The number of nitrogens with one attached hydrogen (secondary N) is 1. The van der Waals surface area contributed by atoms with Gasteiger partial charge in [0.1, 0.15) is 5.15 Å². The van der Waals surface area contributed by atoms with Gasteiger partial charge in [0.15, 0.2) is 0 Å². The number of pyridine rings is 1. The maximum atomic E-state index is 10.6. The van der Waals surface area contributed by atoms with Gasteiger partial charge in [0.05, 0.1) is 5.69 Å². The third-order valence-electron chi connectivity index (χ3n) is 0.908. The summed E-state index contributed by atoms with van der Waals surface area (Å²) in [6.07, 6.45) is 1.37. The van der Waals surface area contributed by atoms with Gasteiger partial charge >= 0.3 is 0 Å². The first kappa shape index (κ1) is 9.33. The molecule has 5 heteroatoms. The predicted molar refractivity (Wildman–Crippen MR) is 43.7 cm³/mol. The standard InChI is InChI=1S/C5H5ClN2O.ClH/c6-5-1-4(9)3(7)2-8-5;/h1-2H,7H2,(H,8,9);1H. The van der Waals surface area contributed by atoms with Gasteiger partial charge in [-0.25, -0.2) is 0 Å². The van der Waals surface area contributed by atoms with Gasteiger partial charge in [-0.2, -0.15) is 0 Å². The molecule has 10 heavy (non-hydrogen) atoms. The van der Waals surface area contributed by atoms with Crippen molar-refractivity contribution in [3.05, 3.63) is 27.6 Å². The average molecular weight is 181 g/mol. The lowest BCUT2D eigenvalue weighted by Gasteiger charge is -1.89. The van der Waals surface area contributed by atoms with Gasteiger partial charge in [-0.15, -0.1) is 12.4 Å². The summed E-state index contributed by atoms with van der Waals surface area (Å²) in [5.41, 5.74) is 5.12. The summed E-state index contributed by atoms with van der Waals surface area (Å²) in [6, 6.07) is 1.23. The van der Waals surface area contributed by atoms with E-state index in [-0.39, 0.29) is 23.5 Å². The van der Waals surface area contributed by atoms with Crippen molar-refractivity contribution in [1.82, 2.24) is 4.98 Å². The molecule has 0 radical (unpaired) electrons. The van der Waals surface area contributed by atoms with Crippen LogP contribution in [-0.4, -0.2) is 4.98 Å². The molecule has 1 aromatic rings. The van der Waals surface area contributed by atoms with E-state index in [4.69, 9.17) is 17.3 Å². The Hall–Kier alpha value is -0.670. The van der Waals surface area contributed by atoms with Crippen LogP contribution in [0.25, 0.3) is 0 Å². The van der Waals surface area contributed by atoms with E-state index in [0.29, 0.717) is 5.15 Å². The molecule has 3 nitrogen and oxygen atoms in total. The summed E-state index contributed by atoms with van der Waals surface area (Å²) in [4.78, 5) is 13.2. The van der Waals surface area contributed by atoms with Crippen LogP contribution in [-0.2, 0) is 0 Å². The second kappa shape index (κ2) is 3.49. The van der Waals surface area contributed by atoms with Crippen molar-refractivity contribution >= 4 is 29.7 Å². The van der Waals surface area contributed by atoms with Crippen LogP contribution < -0.4 is 11.2 Å². The summed E-state index contributed by atoms with van der Waals surface area (Å²) in [7, 11) is 0. The minimum atomic E-state index is -0.251. The van der Waals surface area contributed by atoms with Crippen LogP contribution in [0, 0.1) is 0 Å². The maximum Gasteiger partial charge on any atom is 0.205 e. The lowest BCUT2D eigenvalue weighted by Crippen LogP contribution is -2.06. The molecule has 1 aromatic heterocycles. The molecule has 0 amide bonds. The van der Waals surface area contributed by atoms with Gasteiger partial charge in [0.2, 0.25) is 5.43 Å². The van der Waals surface area contributed by atoms with E-state index >= 15 is 0 Å². The number of hydrogen-bond donors (Lipinski definition) is 2. The molecule has 0 aliphatic rings. The van der Waals surface area contributed by atoms with Crippen molar-refractivity contribution in [1.29, 1.82) is 0 Å². The van der Waals surface area contributed by atoms with E-state index in [2.05, 4.69) is 4.98 Å². The van der Waals surface area contributed by atoms with Gasteiger partial charge in [-0.3, -0.25) is 4.79 Å². The molecule has 3 N–H and O–H groups in total. The first-order chi connectivity index (χ1) is 4.20. The first-order valence-electron chi connectivity index (χ1n) is 2.34. The summed E-state index contributed by atoms with van der Waals surface area (Å²) in [6.45, 7) is 0. The van der Waals surface area contributed by atoms with Crippen LogP contribution in [0.3, 0.4) is 0 Å². The molecule has 0 bridgehead atoms. The number of nitrogen functional groups attached to an aromatic ring is 1. The zero-order valence-electron chi connectivity index (χ0n) is 4.93. The van der Waals surface area contributed by atoms with Crippen molar-refractivity contribution < 1.29 is 0 Å². The third kappa shape index (κ3) is 1.93. The topological polar surface area (TPSA) is 58.9 Å². The number of halogens is 2. The van der Waals surface area contributed by atoms with Crippen molar-refractivity contribution in [3.63, 3.8) is 0 Å². The zero-order chi connectivity index (χ0) is 6.85. The summed E-state index contributed by atoms with van der Waals surface area (Å²) in [5.74, 6) is 0. The Morgan fingerprint density at radius 2 is 2.20 bits per heavy atom. The van der Waals surface area contributed by atoms with E-state index in [0.717, 1.165) is 0 Å². The number of rotatable bonds is 0. The first-order valence-corrected chi connectivity index (χ1v) is 2.71. The van der Waals surface area contributed by atoms with Gasteiger partial charge in [0.25, 0.3) is 0 Å². The fraction of sp³-hybridized carbons (Fsp3) is 0. The molecule has 0 fully saturated rings. The van der Waals surface area contributed by atoms with Crippen LogP contribution in [0.1, 0.15) is 0 Å². The molecule has 0 aliphatic heterocycles. The van der Waals surface area contributed by atoms with Crippen LogP contribution in [0.2, 0.25) is 5.15 Å². The molecule has 0 saturated heterocycles. The lowest BCUT2D eigenvalue weighted by molar-refractivity contribution is 1.31. The van der Waals surface area contributed by atoms with Gasteiger partial charge in [0, 0.05) is 12.3 Å². The van der Waals surface area contributed by atoms with E-state index in [1.807, 2.05) is 0 Å². The SMILES string of the molecule is Cl.Nc1c[nH]c(Cl)cc1=O. The average Bonchev–Trinajstić information content (AvgIpc) is 1.80. The molecular formula is C5H6Cl2N2O. The normalized spacial score (nSPS) is 8.50. The van der Waals surface area contributed by atoms with Crippen molar-refractivity contribution in [2.24, 2.45) is 0 Å². The molecule has 0 atom stereocenters. The van der Waals surface area contributed by atoms with Gasteiger partial charge in [-0.05, 0) is 0 Å². The number of aromatic amines is 1. The number of H-pyrrole nitrogens is 1. The Labute approximate surface area is 68.6 Å². The summed E-state index contributed by atoms with van der Waals surface area (Å²) < 4.78 is 0. The number of aromatic nitrogens is 1. The number of anilines is 1. The zero-order valence-corrected chi connectivity index (χ0v) is 6.50. The molecule has 0 saturated carbocycles. The minimum Gasteiger partial charge on any atom is -0.394 e. The highest BCUT2D eigenvalue weighted by atomic mass is 35.5. The molecule has 0 aromatic carbocycles. The van der Waals surface area contributed by atoms with Gasteiger partial charge in [-0.1, -0.05) is 11.6 Å². The number of hydrogen-bond acceptors (Lipinski definition) is 2. The number of nitrogens with two attached hydrogens (primary N) is 1. The molecular weight excluding hydrogens is 175 g/mol. The Morgan fingerprint density at radius 3 is 2.60 bits per heavy atom. The Kier molecular flexibility index (Phi) is 3.25. The Balaban J connectivity index is 0.000000810. The van der Waals surface area contributed by atoms with Crippen molar-refractivity contribution in [2.45, 2.75) is 0 Å². The van der Waals surface area contributed by atoms with Crippen LogP contribution >= 0.6 is 24.0 Å². The van der Waals surface area contributed by atoms with Crippen LogP contribution in [0.15, 0.2) is 17.1 Å². The van der Waals surface area contributed by atoms with Crippen molar-refractivity contribution in [3.8, 4) is 0 Å². The van der Waals surface area contributed by atoms with Gasteiger partial charge < -0.3 is 10.7 Å². The highest BCUT2D eigenvalue weighted by Crippen LogP contribution is 1.99. The van der Waals surface area contributed by atoms with Crippen LogP contribution in [0.5, 0.6) is 0 Å². The highest BCUT2D eigenvalue weighted by Gasteiger charge is 1.91. The smallest absolute Gasteiger partial charge is 0.205 e. The summed E-state index contributed by atoms with van der Waals surface area (Å²) >= 11 is 5.41. The fourth-order valence-corrected chi connectivity index (χ4v) is 0.612. The highest BCUT2D eigenvalue weighted by molar-refractivity contribution is 6.29. The largest absolute Gasteiger partial charge is 0.394 e. The molecule has 1 heterocycles. The monoisotopic (exact) mass is 180 g/mol. The Bertz CT molecular complexity index is 271. The van der Waals surface area contributed by atoms with E-state index in [1.54, 1.807) is 0 Å². The quantitative estimate of drug-likeness (QED) is 0.587. The molecule has 1 rings (SSSR count). The molecule has 0 spiro atoms.